The predicted molar refractivity (Wildman–Crippen MR) is 65.6 cm³/mol. The van der Waals surface area contributed by atoms with E-state index in [1.165, 1.54) is 0 Å². The lowest BCUT2D eigenvalue weighted by Crippen LogP contribution is -2.57. The summed E-state index contributed by atoms with van der Waals surface area (Å²) in [4.78, 5) is 19.2. The molecule has 0 radical (unpaired) electrons. The average Bonchev–Trinajstić information content (AvgIpc) is 2.83. The second-order valence-corrected chi connectivity index (χ2v) is 4.76. The molecule has 1 amide bonds. The Kier molecular flexibility index (Phi) is 3.78. The SMILES string of the molecule is CC1(C(=O)NCCc2ncc[nH]2)CCCCN1. The molecule has 0 spiro atoms. The average molecular weight is 236 g/mol. The molecule has 1 saturated heterocycles. The van der Waals surface area contributed by atoms with Crippen molar-refractivity contribution in [3.63, 3.8) is 0 Å². The zero-order valence-corrected chi connectivity index (χ0v) is 10.3. The minimum absolute atomic E-state index is 0.101. The molecule has 1 unspecified atom stereocenters. The van der Waals surface area contributed by atoms with Crippen molar-refractivity contribution in [3.05, 3.63) is 18.2 Å². The van der Waals surface area contributed by atoms with Gasteiger partial charge in [-0.2, -0.15) is 0 Å². The van der Waals surface area contributed by atoms with E-state index >= 15 is 0 Å². The molecule has 1 aliphatic heterocycles. The Morgan fingerprint density at radius 1 is 1.59 bits per heavy atom. The van der Waals surface area contributed by atoms with Crippen LogP contribution in [0.4, 0.5) is 0 Å². The highest BCUT2D eigenvalue weighted by Crippen LogP contribution is 2.18. The fraction of sp³-hybridized carbons (Fsp3) is 0.667. The van der Waals surface area contributed by atoms with E-state index in [1.54, 1.807) is 12.4 Å². The van der Waals surface area contributed by atoms with Gasteiger partial charge in [0.1, 0.15) is 5.82 Å². The number of amides is 1. The third-order valence-corrected chi connectivity index (χ3v) is 3.32. The van der Waals surface area contributed by atoms with Crippen LogP contribution in [0.1, 0.15) is 32.0 Å². The van der Waals surface area contributed by atoms with Crippen LogP contribution in [-0.2, 0) is 11.2 Å². The van der Waals surface area contributed by atoms with Crippen LogP contribution in [0, 0.1) is 0 Å². The summed E-state index contributed by atoms with van der Waals surface area (Å²) in [5.74, 6) is 1.01. The molecule has 3 N–H and O–H groups in total. The number of imidazole rings is 1. The van der Waals surface area contributed by atoms with Crippen molar-refractivity contribution in [2.45, 2.75) is 38.1 Å². The van der Waals surface area contributed by atoms with E-state index in [0.717, 1.165) is 38.1 Å². The van der Waals surface area contributed by atoms with E-state index < -0.39 is 0 Å². The van der Waals surface area contributed by atoms with Crippen LogP contribution in [0.5, 0.6) is 0 Å². The standard InChI is InChI=1S/C12H20N4O/c1-12(5-2-3-6-16-12)11(17)15-7-4-10-13-8-9-14-10/h8-9,16H,2-7H2,1H3,(H,13,14)(H,15,17). The van der Waals surface area contributed by atoms with Crippen molar-refractivity contribution in [2.24, 2.45) is 0 Å². The molecular formula is C12H20N4O. The molecule has 0 aromatic carbocycles. The minimum Gasteiger partial charge on any atom is -0.354 e. The van der Waals surface area contributed by atoms with Gasteiger partial charge in [0.2, 0.25) is 5.91 Å². The molecule has 0 bridgehead atoms. The Bertz CT molecular complexity index is 355. The highest BCUT2D eigenvalue weighted by Gasteiger charge is 2.33. The van der Waals surface area contributed by atoms with Crippen molar-refractivity contribution in [3.8, 4) is 0 Å². The van der Waals surface area contributed by atoms with Crippen LogP contribution in [0.15, 0.2) is 12.4 Å². The lowest BCUT2D eigenvalue weighted by Gasteiger charge is -2.33. The first kappa shape index (κ1) is 12.1. The van der Waals surface area contributed by atoms with E-state index in [1.807, 2.05) is 6.92 Å². The van der Waals surface area contributed by atoms with Crippen molar-refractivity contribution < 1.29 is 4.79 Å². The molecule has 1 aromatic rings. The number of nitrogens with zero attached hydrogens (tertiary/aromatic N) is 1. The third kappa shape index (κ3) is 3.06. The Hall–Kier alpha value is -1.36. The molecule has 94 valence electrons. The topological polar surface area (TPSA) is 69.8 Å². The molecule has 5 nitrogen and oxygen atoms in total. The first-order chi connectivity index (χ1) is 8.21. The van der Waals surface area contributed by atoms with Crippen molar-refractivity contribution in [2.75, 3.05) is 13.1 Å². The summed E-state index contributed by atoms with van der Waals surface area (Å²) in [6.45, 7) is 3.54. The van der Waals surface area contributed by atoms with Crippen LogP contribution in [-0.4, -0.2) is 34.5 Å². The number of carbonyl (C=O) groups is 1. The number of hydrogen-bond acceptors (Lipinski definition) is 3. The number of rotatable bonds is 4. The number of H-pyrrole nitrogens is 1. The normalized spacial score (nSPS) is 24.5. The van der Waals surface area contributed by atoms with Gasteiger partial charge in [0.25, 0.3) is 0 Å². The zero-order chi connectivity index (χ0) is 12.1. The van der Waals surface area contributed by atoms with Crippen molar-refractivity contribution >= 4 is 5.91 Å². The largest absolute Gasteiger partial charge is 0.354 e. The number of carbonyl (C=O) groups excluding carboxylic acids is 1. The number of piperidine rings is 1. The van der Waals surface area contributed by atoms with Gasteiger partial charge in [0.05, 0.1) is 5.54 Å². The van der Waals surface area contributed by atoms with Gasteiger partial charge in [-0.15, -0.1) is 0 Å². The summed E-state index contributed by atoms with van der Waals surface area (Å²) in [6.07, 6.45) is 7.46. The molecule has 2 rings (SSSR count). The summed E-state index contributed by atoms with van der Waals surface area (Å²) in [5, 5.41) is 6.27. The first-order valence-electron chi connectivity index (χ1n) is 6.22. The second kappa shape index (κ2) is 5.31. The molecule has 1 aromatic heterocycles. The molecule has 1 fully saturated rings. The van der Waals surface area contributed by atoms with Crippen LogP contribution >= 0.6 is 0 Å². The van der Waals surface area contributed by atoms with Gasteiger partial charge in [-0.25, -0.2) is 4.98 Å². The molecule has 1 aliphatic rings. The maximum atomic E-state index is 12.0. The lowest BCUT2D eigenvalue weighted by molar-refractivity contribution is -0.127. The van der Waals surface area contributed by atoms with E-state index in [9.17, 15) is 4.79 Å². The highest BCUT2D eigenvalue weighted by atomic mass is 16.2. The molecule has 0 aliphatic carbocycles. The van der Waals surface area contributed by atoms with Gasteiger partial charge in [0, 0.05) is 25.4 Å². The maximum absolute atomic E-state index is 12.0. The van der Waals surface area contributed by atoms with Crippen LogP contribution in [0.25, 0.3) is 0 Å². The quantitative estimate of drug-likeness (QED) is 0.717. The third-order valence-electron chi connectivity index (χ3n) is 3.32. The number of aromatic nitrogens is 2. The van der Waals surface area contributed by atoms with Crippen molar-refractivity contribution in [1.29, 1.82) is 0 Å². The highest BCUT2D eigenvalue weighted by molar-refractivity contribution is 5.85. The Morgan fingerprint density at radius 3 is 3.12 bits per heavy atom. The van der Waals surface area contributed by atoms with Gasteiger partial charge in [-0.3, -0.25) is 4.79 Å². The Labute approximate surface area is 101 Å². The van der Waals surface area contributed by atoms with E-state index in [2.05, 4.69) is 20.6 Å². The summed E-state index contributed by atoms with van der Waals surface area (Å²) < 4.78 is 0. The van der Waals surface area contributed by atoms with Gasteiger partial charge < -0.3 is 15.6 Å². The molecule has 2 heterocycles. The van der Waals surface area contributed by atoms with Crippen molar-refractivity contribution in [1.82, 2.24) is 20.6 Å². The predicted octanol–water partition coefficient (Wildman–Crippen LogP) is 0.601. The zero-order valence-electron chi connectivity index (χ0n) is 10.3. The van der Waals surface area contributed by atoms with Crippen LogP contribution < -0.4 is 10.6 Å². The van der Waals surface area contributed by atoms with Gasteiger partial charge >= 0.3 is 0 Å². The fourth-order valence-corrected chi connectivity index (χ4v) is 2.17. The maximum Gasteiger partial charge on any atom is 0.240 e. The minimum atomic E-state index is -0.387. The molecule has 5 heteroatoms. The summed E-state index contributed by atoms with van der Waals surface area (Å²) in [6, 6.07) is 0. The smallest absolute Gasteiger partial charge is 0.240 e. The van der Waals surface area contributed by atoms with E-state index in [0.29, 0.717) is 6.54 Å². The summed E-state index contributed by atoms with van der Waals surface area (Å²) in [7, 11) is 0. The van der Waals surface area contributed by atoms with Crippen LogP contribution in [0.3, 0.4) is 0 Å². The second-order valence-electron chi connectivity index (χ2n) is 4.76. The van der Waals surface area contributed by atoms with E-state index in [4.69, 9.17) is 0 Å². The number of aromatic amines is 1. The summed E-state index contributed by atoms with van der Waals surface area (Å²) >= 11 is 0. The van der Waals surface area contributed by atoms with Gasteiger partial charge in [-0.05, 0) is 32.7 Å². The Morgan fingerprint density at radius 2 is 2.47 bits per heavy atom. The monoisotopic (exact) mass is 236 g/mol. The molecule has 17 heavy (non-hydrogen) atoms. The van der Waals surface area contributed by atoms with Gasteiger partial charge in [0.15, 0.2) is 0 Å². The lowest BCUT2D eigenvalue weighted by atomic mass is 9.90. The Balaban J connectivity index is 1.76. The molecule has 1 atom stereocenters. The molecular weight excluding hydrogens is 216 g/mol. The number of hydrogen-bond donors (Lipinski definition) is 3. The first-order valence-corrected chi connectivity index (χ1v) is 6.22. The number of nitrogens with one attached hydrogen (secondary N) is 3. The van der Waals surface area contributed by atoms with E-state index in [-0.39, 0.29) is 11.4 Å². The fourth-order valence-electron chi connectivity index (χ4n) is 2.17. The van der Waals surface area contributed by atoms with Crippen LogP contribution in [0.2, 0.25) is 0 Å². The van der Waals surface area contributed by atoms with Gasteiger partial charge in [-0.1, -0.05) is 0 Å². The summed E-state index contributed by atoms with van der Waals surface area (Å²) in [5.41, 5.74) is -0.387. The molecule has 0 saturated carbocycles.